The molecule has 0 N–H and O–H groups in total. The van der Waals surface area contributed by atoms with Crippen LogP contribution in [0.1, 0.15) is 25.0 Å². The molecule has 6 heteroatoms. The molecule has 5 nitrogen and oxygen atoms in total. The first kappa shape index (κ1) is 30.9. The van der Waals surface area contributed by atoms with Crippen LogP contribution in [0, 0.1) is 0 Å². The van der Waals surface area contributed by atoms with E-state index in [0.29, 0.717) is 17.6 Å². The minimum atomic E-state index is -0.166. The minimum absolute atomic E-state index is 0.166. The fraction of sp³-hybridized carbons (Fsp3) is 0.0625. The summed E-state index contributed by atoms with van der Waals surface area (Å²) in [5, 5.41) is 4.47. The van der Waals surface area contributed by atoms with Crippen LogP contribution in [0.4, 0.5) is 17.3 Å². The van der Waals surface area contributed by atoms with Crippen LogP contribution in [-0.4, -0.2) is 15.0 Å². The molecule has 0 unspecified atom stereocenters. The first-order chi connectivity index (χ1) is 26.5. The summed E-state index contributed by atoms with van der Waals surface area (Å²) in [4.78, 5) is 18.3. The maximum absolute atomic E-state index is 6.46. The number of thiophene rings is 1. The molecule has 256 valence electrons. The van der Waals surface area contributed by atoms with Crippen molar-refractivity contribution in [3.05, 3.63) is 169 Å². The van der Waals surface area contributed by atoms with Gasteiger partial charge < -0.3 is 4.42 Å². The summed E-state index contributed by atoms with van der Waals surface area (Å²) in [6.45, 7) is 4.61. The third-order valence-corrected chi connectivity index (χ3v) is 12.2. The SMILES string of the molecule is CC1(C)c2ccccc2-c2c(-c3nc(-c4ccccc4)nc(N(c4cccc5c4sc4ccccc45)c4cccc5oc6ccccc6c45)n3)cccc21. The number of nitrogens with zero attached hydrogens (tertiary/aromatic N) is 4. The van der Waals surface area contributed by atoms with E-state index in [1.165, 1.54) is 37.7 Å². The fourth-order valence-electron chi connectivity index (χ4n) is 8.44. The van der Waals surface area contributed by atoms with Gasteiger partial charge in [-0.3, -0.25) is 4.90 Å². The Balaban J connectivity index is 1.25. The topological polar surface area (TPSA) is 55.1 Å². The van der Waals surface area contributed by atoms with Crippen LogP contribution < -0.4 is 4.90 Å². The van der Waals surface area contributed by atoms with E-state index in [0.717, 1.165) is 49.1 Å². The Hall–Kier alpha value is -6.63. The van der Waals surface area contributed by atoms with E-state index in [4.69, 9.17) is 19.4 Å². The average Bonchev–Trinajstić information content (AvgIpc) is 3.87. The Morgan fingerprint density at radius 3 is 2.07 bits per heavy atom. The molecule has 3 aromatic heterocycles. The van der Waals surface area contributed by atoms with Gasteiger partial charge in [0.1, 0.15) is 11.2 Å². The highest BCUT2D eigenvalue weighted by atomic mass is 32.1. The Labute approximate surface area is 315 Å². The molecule has 0 atom stereocenters. The molecular formula is C48H32N4OS. The summed E-state index contributed by atoms with van der Waals surface area (Å²) in [5.74, 6) is 1.77. The van der Waals surface area contributed by atoms with Crippen molar-refractivity contribution in [2.45, 2.75) is 19.3 Å². The Morgan fingerprint density at radius 1 is 0.519 bits per heavy atom. The number of hydrogen-bond donors (Lipinski definition) is 0. The van der Waals surface area contributed by atoms with Gasteiger partial charge in [0, 0.05) is 37.4 Å². The zero-order valence-corrected chi connectivity index (χ0v) is 30.4. The lowest BCUT2D eigenvalue weighted by Crippen LogP contribution is -2.16. The number of para-hydroxylation sites is 1. The average molecular weight is 713 g/mol. The lowest BCUT2D eigenvalue weighted by atomic mass is 9.82. The van der Waals surface area contributed by atoms with Gasteiger partial charge in [-0.05, 0) is 52.6 Å². The van der Waals surface area contributed by atoms with E-state index >= 15 is 0 Å². The fourth-order valence-corrected chi connectivity index (χ4v) is 9.64. The molecule has 0 amide bonds. The smallest absolute Gasteiger partial charge is 0.238 e. The van der Waals surface area contributed by atoms with Crippen LogP contribution in [0.2, 0.25) is 0 Å². The summed E-state index contributed by atoms with van der Waals surface area (Å²) in [7, 11) is 0. The lowest BCUT2D eigenvalue weighted by molar-refractivity contribution is 0.660. The minimum Gasteiger partial charge on any atom is -0.456 e. The zero-order valence-electron chi connectivity index (χ0n) is 29.6. The van der Waals surface area contributed by atoms with E-state index in [1.54, 1.807) is 11.3 Å². The van der Waals surface area contributed by atoms with Gasteiger partial charge in [0.2, 0.25) is 5.95 Å². The Bertz CT molecular complexity index is 3110. The molecule has 0 radical (unpaired) electrons. The van der Waals surface area contributed by atoms with Crippen LogP contribution in [-0.2, 0) is 5.41 Å². The second kappa shape index (κ2) is 11.7. The first-order valence-corrected chi connectivity index (χ1v) is 19.0. The first-order valence-electron chi connectivity index (χ1n) is 18.2. The molecule has 7 aromatic carbocycles. The molecule has 10 aromatic rings. The third-order valence-electron chi connectivity index (χ3n) is 10.9. The number of fused-ring (bicyclic) bond motifs is 9. The van der Waals surface area contributed by atoms with Crippen LogP contribution in [0.3, 0.4) is 0 Å². The normalized spacial score (nSPS) is 13.1. The van der Waals surface area contributed by atoms with E-state index in [9.17, 15) is 0 Å². The van der Waals surface area contributed by atoms with Crippen molar-refractivity contribution >= 4 is 70.8 Å². The highest BCUT2D eigenvalue weighted by molar-refractivity contribution is 7.26. The van der Waals surface area contributed by atoms with Gasteiger partial charge >= 0.3 is 0 Å². The van der Waals surface area contributed by atoms with Crippen LogP contribution in [0.5, 0.6) is 0 Å². The Morgan fingerprint density at radius 2 is 1.17 bits per heavy atom. The second-order valence-electron chi connectivity index (χ2n) is 14.4. The van der Waals surface area contributed by atoms with Crippen molar-refractivity contribution in [2.75, 3.05) is 4.90 Å². The van der Waals surface area contributed by atoms with Crippen LogP contribution in [0.15, 0.2) is 162 Å². The summed E-state index contributed by atoms with van der Waals surface area (Å²) >= 11 is 1.79. The van der Waals surface area contributed by atoms with Gasteiger partial charge in [0.05, 0.1) is 21.5 Å². The van der Waals surface area contributed by atoms with Crippen molar-refractivity contribution in [1.29, 1.82) is 0 Å². The lowest BCUT2D eigenvalue weighted by Gasteiger charge is -2.25. The molecule has 1 aliphatic rings. The van der Waals surface area contributed by atoms with Gasteiger partial charge in [-0.2, -0.15) is 9.97 Å². The van der Waals surface area contributed by atoms with E-state index in [1.807, 2.05) is 36.4 Å². The van der Waals surface area contributed by atoms with Crippen molar-refractivity contribution in [3.8, 4) is 33.9 Å². The highest BCUT2D eigenvalue weighted by Gasteiger charge is 2.37. The van der Waals surface area contributed by atoms with Crippen molar-refractivity contribution in [2.24, 2.45) is 0 Å². The van der Waals surface area contributed by atoms with Gasteiger partial charge in [0.25, 0.3) is 0 Å². The Kier molecular flexibility index (Phi) is 6.70. The van der Waals surface area contributed by atoms with Gasteiger partial charge in [-0.1, -0.05) is 141 Å². The van der Waals surface area contributed by atoms with E-state index in [-0.39, 0.29) is 5.41 Å². The summed E-state index contributed by atoms with van der Waals surface area (Å²) < 4.78 is 8.85. The molecule has 1 aliphatic carbocycles. The number of furan rings is 1. The van der Waals surface area contributed by atoms with Gasteiger partial charge in [-0.15, -0.1) is 11.3 Å². The number of anilines is 3. The third kappa shape index (κ3) is 4.53. The second-order valence-corrected chi connectivity index (χ2v) is 15.4. The maximum atomic E-state index is 6.46. The molecule has 0 saturated carbocycles. The van der Waals surface area contributed by atoms with E-state index < -0.39 is 0 Å². The van der Waals surface area contributed by atoms with Gasteiger partial charge in [-0.25, -0.2) is 4.98 Å². The number of rotatable bonds is 5. The van der Waals surface area contributed by atoms with Crippen LogP contribution in [0.25, 0.3) is 76.0 Å². The summed E-state index contributed by atoms with van der Waals surface area (Å²) in [5.41, 5.74) is 10.3. The van der Waals surface area contributed by atoms with Crippen molar-refractivity contribution in [3.63, 3.8) is 0 Å². The predicted molar refractivity (Wildman–Crippen MR) is 223 cm³/mol. The standard InChI is InChI=1S/C48H32N4OS/c1-48(2)35-22-9-6-18-32(35)42-34(21-12-23-36(42)48)46-49-45(29-15-4-3-5-16-29)50-47(51-46)52(37-24-14-27-40-43(37)33-19-7-10-26-39(33)53-40)38-25-13-20-31-30-17-8-11-28-41(30)54-44(31)38/h3-28H,1-2H3. The molecule has 54 heavy (non-hydrogen) atoms. The monoisotopic (exact) mass is 712 g/mol. The van der Waals surface area contributed by atoms with Crippen molar-refractivity contribution in [1.82, 2.24) is 15.0 Å². The van der Waals surface area contributed by atoms with Crippen LogP contribution >= 0.6 is 11.3 Å². The maximum Gasteiger partial charge on any atom is 0.238 e. The number of benzene rings is 7. The largest absolute Gasteiger partial charge is 0.456 e. The van der Waals surface area contributed by atoms with Crippen molar-refractivity contribution < 1.29 is 4.42 Å². The molecule has 3 heterocycles. The highest BCUT2D eigenvalue weighted by Crippen LogP contribution is 2.52. The number of hydrogen-bond acceptors (Lipinski definition) is 6. The molecule has 0 saturated heterocycles. The number of aromatic nitrogens is 3. The molecule has 0 fully saturated rings. The van der Waals surface area contributed by atoms with E-state index in [2.05, 4.69) is 140 Å². The molecular weight excluding hydrogens is 681 g/mol. The summed E-state index contributed by atoms with van der Waals surface area (Å²) in [6, 6.07) is 55.1. The predicted octanol–water partition coefficient (Wildman–Crippen LogP) is 13.2. The summed E-state index contributed by atoms with van der Waals surface area (Å²) in [6.07, 6.45) is 0. The molecule has 0 bridgehead atoms. The molecule has 11 rings (SSSR count). The zero-order chi connectivity index (χ0) is 36.0. The molecule has 0 aliphatic heterocycles. The van der Waals surface area contributed by atoms with Gasteiger partial charge in [0.15, 0.2) is 11.6 Å². The quantitative estimate of drug-likeness (QED) is 0.178. The molecule has 0 spiro atoms.